The van der Waals surface area contributed by atoms with E-state index in [1.54, 1.807) is 13.2 Å². The van der Waals surface area contributed by atoms with Gasteiger partial charge in [0.25, 0.3) is 0 Å². The Morgan fingerprint density at radius 3 is 2.47 bits per heavy atom. The molecule has 5 rings (SSSR count). The zero-order chi connectivity index (χ0) is 25.6. The second-order valence-corrected chi connectivity index (χ2v) is 11.5. The van der Waals surface area contributed by atoms with Crippen LogP contribution in [0.5, 0.6) is 5.75 Å². The van der Waals surface area contributed by atoms with Crippen LogP contribution in [-0.4, -0.2) is 28.5 Å². The number of hydrogen-bond acceptors (Lipinski definition) is 3. The molecule has 1 aliphatic carbocycles. The van der Waals surface area contributed by atoms with Crippen LogP contribution in [0.4, 0.5) is 0 Å². The van der Waals surface area contributed by atoms with Gasteiger partial charge in [-0.2, -0.15) is 0 Å². The highest BCUT2D eigenvalue weighted by Crippen LogP contribution is 2.47. The Labute approximate surface area is 212 Å². The number of nitrogens with zero attached hydrogens (tertiary/aromatic N) is 1. The molecule has 188 valence electrons. The Hall–Kier alpha value is -3.34. The molecular formula is C31H35NO4. The van der Waals surface area contributed by atoms with Gasteiger partial charge >= 0.3 is 5.97 Å². The van der Waals surface area contributed by atoms with Gasteiger partial charge in [-0.05, 0) is 65.6 Å². The van der Waals surface area contributed by atoms with Crippen molar-refractivity contribution in [2.45, 2.75) is 71.8 Å². The van der Waals surface area contributed by atoms with Gasteiger partial charge in [-0.15, -0.1) is 0 Å². The molecule has 1 aliphatic heterocycles. The number of aromatic nitrogens is 1. The number of carbonyl (C=O) groups is 2. The fraction of sp³-hybridized carbons (Fsp3) is 0.419. The largest absolute Gasteiger partial charge is 0.497 e. The molecule has 0 unspecified atom stereocenters. The van der Waals surface area contributed by atoms with E-state index < -0.39 is 5.97 Å². The SMILES string of the molecule is COc1ccc2c(c1)C=C(C(=O)O)Cn1c-2c(C2CCCCC2)c2ccc(C(=O)CC(C)(C)C)cc21. The van der Waals surface area contributed by atoms with E-state index in [4.69, 9.17) is 4.74 Å². The molecule has 2 aliphatic rings. The van der Waals surface area contributed by atoms with Crippen molar-refractivity contribution in [1.82, 2.24) is 4.57 Å². The van der Waals surface area contributed by atoms with Crippen molar-refractivity contribution >= 4 is 28.7 Å². The number of ether oxygens (including phenoxy) is 1. The Morgan fingerprint density at radius 1 is 1.06 bits per heavy atom. The summed E-state index contributed by atoms with van der Waals surface area (Å²) in [7, 11) is 1.63. The molecule has 0 atom stereocenters. The van der Waals surface area contributed by atoms with Crippen molar-refractivity contribution in [1.29, 1.82) is 0 Å². The summed E-state index contributed by atoms with van der Waals surface area (Å²) in [6, 6.07) is 12.0. The first-order valence-corrected chi connectivity index (χ1v) is 13.0. The zero-order valence-corrected chi connectivity index (χ0v) is 21.7. The van der Waals surface area contributed by atoms with Crippen molar-refractivity contribution in [3.05, 3.63) is 58.7 Å². The number of carboxylic acid groups (broad SMARTS) is 1. The average Bonchev–Trinajstić information content (AvgIpc) is 3.05. The molecule has 1 aromatic heterocycles. The molecule has 0 radical (unpaired) electrons. The molecule has 1 N–H and O–H groups in total. The summed E-state index contributed by atoms with van der Waals surface area (Å²) in [6.07, 6.45) is 8.15. The second-order valence-electron chi connectivity index (χ2n) is 11.5. The Bertz CT molecular complexity index is 1380. The van der Waals surface area contributed by atoms with Crippen LogP contribution in [0.2, 0.25) is 0 Å². The number of ketones is 1. The lowest BCUT2D eigenvalue weighted by Crippen LogP contribution is -2.13. The molecule has 0 bridgehead atoms. The summed E-state index contributed by atoms with van der Waals surface area (Å²) >= 11 is 0. The van der Waals surface area contributed by atoms with Crippen LogP contribution in [0, 0.1) is 5.41 Å². The number of carboxylic acids is 1. The van der Waals surface area contributed by atoms with Gasteiger partial charge in [-0.25, -0.2) is 4.79 Å². The van der Waals surface area contributed by atoms with Crippen LogP contribution in [0.3, 0.4) is 0 Å². The molecule has 0 spiro atoms. The number of Topliss-reactive ketones (excluding diaryl/α,β-unsaturated/α-hetero) is 1. The van der Waals surface area contributed by atoms with E-state index in [1.165, 1.54) is 24.8 Å². The average molecular weight is 486 g/mol. The molecular weight excluding hydrogens is 450 g/mol. The Balaban J connectivity index is 1.79. The molecule has 2 heterocycles. The predicted octanol–water partition coefficient (Wildman–Crippen LogP) is 7.47. The van der Waals surface area contributed by atoms with Crippen molar-refractivity contribution in [3.8, 4) is 17.0 Å². The van der Waals surface area contributed by atoms with Crippen LogP contribution in [0.1, 0.15) is 86.7 Å². The fourth-order valence-corrected chi connectivity index (χ4v) is 5.93. The lowest BCUT2D eigenvalue weighted by molar-refractivity contribution is -0.132. The summed E-state index contributed by atoms with van der Waals surface area (Å²) in [6.45, 7) is 6.47. The standard InChI is InChI=1S/C31H35NO4/c1-31(2,3)17-27(33)20-10-12-25-26(16-20)32-18-22(30(34)35)14-21-15-23(36-4)11-13-24(21)29(32)28(25)19-8-6-5-7-9-19/h10-16,19H,5-9,17-18H2,1-4H3,(H,34,35). The Kier molecular flexibility index (Phi) is 6.27. The van der Waals surface area contributed by atoms with E-state index in [9.17, 15) is 14.7 Å². The third-order valence-corrected chi connectivity index (χ3v) is 7.58. The van der Waals surface area contributed by atoms with Crippen molar-refractivity contribution in [2.75, 3.05) is 7.11 Å². The molecule has 2 aromatic carbocycles. The number of aliphatic carboxylic acids is 1. The second kappa shape index (κ2) is 9.27. The van der Waals surface area contributed by atoms with Gasteiger partial charge in [0.05, 0.1) is 24.9 Å². The minimum absolute atomic E-state index is 0.105. The van der Waals surface area contributed by atoms with E-state index in [2.05, 4.69) is 37.5 Å². The first-order valence-electron chi connectivity index (χ1n) is 13.0. The predicted molar refractivity (Wildman–Crippen MR) is 144 cm³/mol. The molecule has 1 fully saturated rings. The Morgan fingerprint density at radius 2 is 1.81 bits per heavy atom. The van der Waals surface area contributed by atoms with Crippen molar-refractivity contribution in [3.63, 3.8) is 0 Å². The van der Waals surface area contributed by atoms with Gasteiger partial charge in [-0.3, -0.25) is 4.79 Å². The summed E-state index contributed by atoms with van der Waals surface area (Å²) in [5.74, 6) is 0.299. The molecule has 1 saturated carbocycles. The van der Waals surface area contributed by atoms with Crippen LogP contribution >= 0.6 is 0 Å². The highest BCUT2D eigenvalue weighted by atomic mass is 16.5. The topological polar surface area (TPSA) is 68.5 Å². The van der Waals surface area contributed by atoms with E-state index in [1.807, 2.05) is 24.3 Å². The molecule has 36 heavy (non-hydrogen) atoms. The summed E-state index contributed by atoms with van der Waals surface area (Å²) in [5, 5.41) is 11.2. The van der Waals surface area contributed by atoms with Gasteiger partial charge < -0.3 is 14.4 Å². The first-order chi connectivity index (χ1) is 17.2. The van der Waals surface area contributed by atoms with E-state index in [0.717, 1.165) is 40.6 Å². The lowest BCUT2D eigenvalue weighted by Gasteiger charge is -2.24. The van der Waals surface area contributed by atoms with E-state index >= 15 is 0 Å². The normalized spacial score (nSPS) is 16.2. The van der Waals surface area contributed by atoms with E-state index in [0.29, 0.717) is 29.2 Å². The third kappa shape index (κ3) is 4.47. The highest BCUT2D eigenvalue weighted by Gasteiger charge is 2.30. The number of methoxy groups -OCH3 is 1. The fourth-order valence-electron chi connectivity index (χ4n) is 5.93. The number of fused-ring (bicyclic) bond motifs is 5. The minimum Gasteiger partial charge on any atom is -0.497 e. The number of carbonyl (C=O) groups excluding carboxylic acids is 1. The lowest BCUT2D eigenvalue weighted by atomic mass is 9.81. The summed E-state index contributed by atoms with van der Waals surface area (Å²) in [4.78, 5) is 25.5. The molecule has 0 saturated heterocycles. The van der Waals surface area contributed by atoms with Crippen molar-refractivity contribution < 1.29 is 19.4 Å². The third-order valence-electron chi connectivity index (χ3n) is 7.58. The maximum Gasteiger partial charge on any atom is 0.333 e. The van der Waals surface area contributed by atoms with Gasteiger partial charge in [0.2, 0.25) is 0 Å². The molecule has 3 aromatic rings. The molecule has 0 amide bonds. The van der Waals surface area contributed by atoms with Gasteiger partial charge in [-0.1, -0.05) is 52.2 Å². The maximum absolute atomic E-state index is 13.2. The van der Waals surface area contributed by atoms with Crippen LogP contribution in [-0.2, 0) is 11.3 Å². The maximum atomic E-state index is 13.2. The zero-order valence-electron chi connectivity index (χ0n) is 21.7. The van der Waals surface area contributed by atoms with Gasteiger partial charge in [0.15, 0.2) is 5.78 Å². The summed E-state index contributed by atoms with van der Waals surface area (Å²) < 4.78 is 7.62. The summed E-state index contributed by atoms with van der Waals surface area (Å²) in [5.41, 5.74) is 6.11. The smallest absolute Gasteiger partial charge is 0.333 e. The van der Waals surface area contributed by atoms with Gasteiger partial charge in [0.1, 0.15) is 5.75 Å². The quantitative estimate of drug-likeness (QED) is 0.381. The van der Waals surface area contributed by atoms with E-state index in [-0.39, 0.29) is 17.7 Å². The number of benzene rings is 2. The van der Waals surface area contributed by atoms with Crippen LogP contribution in [0.15, 0.2) is 42.0 Å². The first kappa shape index (κ1) is 24.4. The number of rotatable bonds is 5. The highest BCUT2D eigenvalue weighted by molar-refractivity contribution is 6.03. The number of hydrogen-bond donors (Lipinski definition) is 1. The van der Waals surface area contributed by atoms with Crippen molar-refractivity contribution in [2.24, 2.45) is 5.41 Å². The monoisotopic (exact) mass is 485 g/mol. The van der Waals surface area contributed by atoms with Gasteiger partial charge in [0, 0.05) is 28.5 Å². The molecule has 5 heteroatoms. The minimum atomic E-state index is -0.933. The van der Waals surface area contributed by atoms with Crippen LogP contribution in [0.25, 0.3) is 28.2 Å². The molecule has 5 nitrogen and oxygen atoms in total. The van der Waals surface area contributed by atoms with Crippen LogP contribution < -0.4 is 4.74 Å².